The summed E-state index contributed by atoms with van der Waals surface area (Å²) < 4.78 is 18.7. The Kier molecular flexibility index (Phi) is 5.36. The Bertz CT molecular complexity index is 835. The normalized spacial score (nSPS) is 21.4. The second-order valence-electron chi connectivity index (χ2n) is 7.92. The summed E-state index contributed by atoms with van der Waals surface area (Å²) in [5.74, 6) is 0.970. The molecule has 1 aliphatic carbocycles. The molecule has 1 saturated carbocycles. The van der Waals surface area contributed by atoms with Crippen molar-refractivity contribution in [2.75, 3.05) is 33.8 Å². The van der Waals surface area contributed by atoms with Crippen molar-refractivity contribution in [3.05, 3.63) is 65.5 Å². The molecule has 2 fully saturated rings. The number of piperazine rings is 1. The Morgan fingerprint density at radius 3 is 2.57 bits per heavy atom. The first-order chi connectivity index (χ1) is 13.6. The zero-order valence-electron chi connectivity index (χ0n) is 16.5. The first-order valence-electron chi connectivity index (χ1n) is 9.95. The molecule has 2 unspecified atom stereocenters. The van der Waals surface area contributed by atoms with Crippen LogP contribution in [0.3, 0.4) is 0 Å². The predicted molar refractivity (Wildman–Crippen MR) is 107 cm³/mol. The fourth-order valence-electron chi connectivity index (χ4n) is 4.20. The third kappa shape index (κ3) is 3.90. The summed E-state index contributed by atoms with van der Waals surface area (Å²) in [5.41, 5.74) is 2.09. The van der Waals surface area contributed by atoms with Gasteiger partial charge in [-0.05, 0) is 61.2 Å². The molecule has 0 bridgehead atoms. The van der Waals surface area contributed by atoms with E-state index < -0.39 is 0 Å². The number of carbonyl (C=O) groups excluding carboxylic acids is 1. The van der Waals surface area contributed by atoms with Gasteiger partial charge in [-0.15, -0.1) is 0 Å². The zero-order chi connectivity index (χ0) is 19.7. The highest BCUT2D eigenvalue weighted by atomic mass is 19.1. The topological polar surface area (TPSA) is 32.8 Å². The van der Waals surface area contributed by atoms with Gasteiger partial charge in [-0.1, -0.05) is 24.3 Å². The van der Waals surface area contributed by atoms with Gasteiger partial charge < -0.3 is 9.64 Å². The van der Waals surface area contributed by atoms with Crippen molar-refractivity contribution in [3.63, 3.8) is 0 Å². The molecule has 0 aromatic heterocycles. The Labute approximate surface area is 165 Å². The fourth-order valence-corrected chi connectivity index (χ4v) is 4.20. The van der Waals surface area contributed by atoms with Crippen LogP contribution in [0.1, 0.15) is 35.9 Å². The number of hydrogen-bond acceptors (Lipinski definition) is 3. The number of methoxy groups -OCH3 is 1. The molecular weight excluding hydrogens is 355 g/mol. The van der Waals surface area contributed by atoms with Gasteiger partial charge in [0.05, 0.1) is 19.1 Å². The fraction of sp³-hybridized carbons (Fsp3) is 0.435. The van der Waals surface area contributed by atoms with E-state index in [1.807, 2.05) is 23.1 Å². The van der Waals surface area contributed by atoms with E-state index >= 15 is 0 Å². The number of halogens is 1. The monoisotopic (exact) mass is 382 g/mol. The van der Waals surface area contributed by atoms with Crippen molar-refractivity contribution in [1.29, 1.82) is 0 Å². The molecule has 0 radical (unpaired) electrons. The molecule has 2 aromatic carbocycles. The summed E-state index contributed by atoms with van der Waals surface area (Å²) in [6.07, 6.45) is 2.14. The van der Waals surface area contributed by atoms with E-state index in [2.05, 4.69) is 18.0 Å². The number of hydrogen-bond donors (Lipinski definition) is 0. The minimum absolute atomic E-state index is 0.140. The van der Waals surface area contributed by atoms with E-state index in [1.54, 1.807) is 19.2 Å². The van der Waals surface area contributed by atoms with Gasteiger partial charge in [0, 0.05) is 19.6 Å². The van der Waals surface area contributed by atoms with E-state index in [0.29, 0.717) is 12.5 Å². The summed E-state index contributed by atoms with van der Waals surface area (Å²) >= 11 is 0. The van der Waals surface area contributed by atoms with Crippen LogP contribution in [0.4, 0.5) is 4.39 Å². The average molecular weight is 382 g/mol. The Balaban J connectivity index is 1.55. The van der Waals surface area contributed by atoms with Crippen LogP contribution in [-0.4, -0.2) is 49.5 Å². The van der Waals surface area contributed by atoms with Gasteiger partial charge in [-0.2, -0.15) is 0 Å². The van der Waals surface area contributed by atoms with Crippen molar-refractivity contribution in [3.8, 4) is 5.75 Å². The van der Waals surface area contributed by atoms with Gasteiger partial charge in [-0.3, -0.25) is 9.69 Å². The molecule has 28 heavy (non-hydrogen) atoms. The molecular formula is C23H27FN2O2. The number of ether oxygens (including phenoxy) is 1. The van der Waals surface area contributed by atoms with Crippen molar-refractivity contribution in [2.24, 2.45) is 5.92 Å². The number of carbonyl (C=O) groups is 1. The summed E-state index contributed by atoms with van der Waals surface area (Å²) in [7, 11) is 3.77. The van der Waals surface area contributed by atoms with Gasteiger partial charge >= 0.3 is 0 Å². The SMILES string of the molecule is COc1cccc(C2CN(C(=O)C(c3ccc(F)cc3)C3CC3)CCN2C)c1. The molecule has 2 aromatic rings. The molecule has 0 N–H and O–H groups in total. The minimum Gasteiger partial charge on any atom is -0.497 e. The van der Waals surface area contributed by atoms with Crippen LogP contribution >= 0.6 is 0 Å². The summed E-state index contributed by atoms with van der Waals surface area (Å²) in [5, 5.41) is 0. The van der Waals surface area contributed by atoms with Crippen LogP contribution in [0.15, 0.2) is 48.5 Å². The van der Waals surface area contributed by atoms with Gasteiger partial charge in [0.15, 0.2) is 0 Å². The molecule has 1 amide bonds. The van der Waals surface area contributed by atoms with Crippen molar-refractivity contribution < 1.29 is 13.9 Å². The van der Waals surface area contributed by atoms with E-state index in [4.69, 9.17) is 4.74 Å². The summed E-state index contributed by atoms with van der Waals surface area (Å²) in [4.78, 5) is 17.8. The number of rotatable bonds is 5. The molecule has 5 heteroatoms. The van der Waals surface area contributed by atoms with E-state index in [-0.39, 0.29) is 23.7 Å². The molecule has 148 valence electrons. The lowest BCUT2D eigenvalue weighted by atomic mass is 9.91. The largest absolute Gasteiger partial charge is 0.497 e. The van der Waals surface area contributed by atoms with Crippen molar-refractivity contribution in [1.82, 2.24) is 9.80 Å². The van der Waals surface area contributed by atoms with E-state index in [9.17, 15) is 9.18 Å². The molecule has 1 aliphatic heterocycles. The maximum absolute atomic E-state index is 13.5. The van der Waals surface area contributed by atoms with Crippen LogP contribution in [-0.2, 0) is 4.79 Å². The first kappa shape index (κ1) is 18.9. The lowest BCUT2D eigenvalue weighted by Gasteiger charge is -2.41. The number of nitrogens with zero attached hydrogens (tertiary/aromatic N) is 2. The summed E-state index contributed by atoms with van der Waals surface area (Å²) in [6.45, 7) is 2.21. The van der Waals surface area contributed by atoms with Gasteiger partial charge in [0.2, 0.25) is 5.91 Å². The standard InChI is InChI=1S/C23H27FN2O2/c1-25-12-13-26(15-21(25)18-4-3-5-20(14-18)28-2)23(27)22(16-6-7-16)17-8-10-19(24)11-9-17/h3-5,8-11,14,16,21-22H,6-7,12-13,15H2,1-2H3. The lowest BCUT2D eigenvalue weighted by molar-refractivity contribution is -0.136. The molecule has 2 atom stereocenters. The lowest BCUT2D eigenvalue weighted by Crippen LogP contribution is -2.50. The summed E-state index contributed by atoms with van der Waals surface area (Å²) in [6, 6.07) is 14.7. The quantitative estimate of drug-likeness (QED) is 0.788. The van der Waals surface area contributed by atoms with Crippen molar-refractivity contribution in [2.45, 2.75) is 24.8 Å². The average Bonchev–Trinajstić information content (AvgIpc) is 3.55. The maximum atomic E-state index is 13.5. The highest BCUT2D eigenvalue weighted by molar-refractivity contribution is 5.84. The maximum Gasteiger partial charge on any atom is 0.230 e. The smallest absolute Gasteiger partial charge is 0.230 e. The minimum atomic E-state index is -0.261. The molecule has 4 rings (SSSR count). The molecule has 1 saturated heterocycles. The second-order valence-corrected chi connectivity index (χ2v) is 7.92. The van der Waals surface area contributed by atoms with E-state index in [1.165, 1.54) is 12.1 Å². The molecule has 4 nitrogen and oxygen atoms in total. The van der Waals surface area contributed by atoms with Crippen LogP contribution in [0.25, 0.3) is 0 Å². The predicted octanol–water partition coefficient (Wildman–Crippen LogP) is 3.84. The van der Waals surface area contributed by atoms with E-state index in [0.717, 1.165) is 42.8 Å². The zero-order valence-corrected chi connectivity index (χ0v) is 16.5. The van der Waals surface area contributed by atoms with Crippen molar-refractivity contribution >= 4 is 5.91 Å². The Morgan fingerprint density at radius 1 is 1.14 bits per heavy atom. The Hall–Kier alpha value is -2.40. The van der Waals surface area contributed by atoms with Gasteiger partial charge in [0.1, 0.15) is 11.6 Å². The van der Waals surface area contributed by atoms with Gasteiger partial charge in [-0.25, -0.2) is 4.39 Å². The Morgan fingerprint density at radius 2 is 1.89 bits per heavy atom. The highest BCUT2D eigenvalue weighted by Gasteiger charge is 2.41. The highest BCUT2D eigenvalue weighted by Crippen LogP contribution is 2.44. The molecule has 1 heterocycles. The first-order valence-corrected chi connectivity index (χ1v) is 9.95. The number of amides is 1. The van der Waals surface area contributed by atoms with Crippen LogP contribution in [0.5, 0.6) is 5.75 Å². The second kappa shape index (κ2) is 7.92. The van der Waals surface area contributed by atoms with Crippen LogP contribution in [0.2, 0.25) is 0 Å². The number of benzene rings is 2. The third-order valence-corrected chi connectivity index (χ3v) is 6.03. The number of likely N-dealkylation sites (N-methyl/N-ethyl adjacent to an activating group) is 1. The molecule has 2 aliphatic rings. The van der Waals surface area contributed by atoms with Crippen LogP contribution in [0, 0.1) is 11.7 Å². The van der Waals surface area contributed by atoms with Gasteiger partial charge in [0.25, 0.3) is 0 Å². The molecule has 0 spiro atoms. The third-order valence-electron chi connectivity index (χ3n) is 6.03. The van der Waals surface area contributed by atoms with Crippen LogP contribution < -0.4 is 4.74 Å².